The Balaban J connectivity index is 2.49. The monoisotopic (exact) mass is 245 g/mol. The molecule has 1 atom stereocenters. The summed E-state index contributed by atoms with van der Waals surface area (Å²) in [7, 11) is 1.62. The van der Waals surface area contributed by atoms with Gasteiger partial charge in [-0.3, -0.25) is 4.79 Å². The molecule has 4 heteroatoms. The summed E-state index contributed by atoms with van der Waals surface area (Å²) in [4.78, 5) is 10.8. The van der Waals surface area contributed by atoms with Gasteiger partial charge in [0, 0.05) is 5.39 Å². The Morgan fingerprint density at radius 1 is 1.28 bits per heavy atom. The number of carboxylic acid groups (broad SMARTS) is 1. The zero-order chi connectivity index (χ0) is 13.1. The number of carbonyl (C=O) groups is 1. The highest BCUT2D eigenvalue weighted by atomic mass is 16.5. The Morgan fingerprint density at radius 2 is 1.94 bits per heavy atom. The third kappa shape index (κ3) is 2.28. The van der Waals surface area contributed by atoms with Crippen LogP contribution in [0, 0.1) is 0 Å². The van der Waals surface area contributed by atoms with Crippen molar-refractivity contribution in [3.8, 4) is 5.75 Å². The number of ether oxygens (including phenoxy) is 1. The molecule has 4 nitrogen and oxygen atoms in total. The molecule has 0 amide bonds. The van der Waals surface area contributed by atoms with E-state index < -0.39 is 12.0 Å². The van der Waals surface area contributed by atoms with E-state index in [1.165, 1.54) is 0 Å². The van der Waals surface area contributed by atoms with Crippen LogP contribution in [-0.2, 0) is 11.2 Å². The fourth-order valence-electron chi connectivity index (χ4n) is 2.01. The number of carboxylic acids is 1. The second-order valence-electron chi connectivity index (χ2n) is 4.12. The molecule has 3 N–H and O–H groups in total. The number of methoxy groups -OCH3 is 1. The second kappa shape index (κ2) is 5.06. The fourth-order valence-corrected chi connectivity index (χ4v) is 2.01. The third-order valence-corrected chi connectivity index (χ3v) is 2.95. The van der Waals surface area contributed by atoms with Crippen molar-refractivity contribution < 1.29 is 14.6 Å². The number of aliphatic carboxylic acids is 1. The van der Waals surface area contributed by atoms with Gasteiger partial charge in [0.05, 0.1) is 7.11 Å². The van der Waals surface area contributed by atoms with Gasteiger partial charge in [-0.15, -0.1) is 0 Å². The predicted molar refractivity (Wildman–Crippen MR) is 69.8 cm³/mol. The quantitative estimate of drug-likeness (QED) is 0.861. The van der Waals surface area contributed by atoms with Gasteiger partial charge in [0.25, 0.3) is 0 Å². The first-order chi connectivity index (χ1) is 8.63. The molecule has 0 saturated carbocycles. The van der Waals surface area contributed by atoms with Crippen LogP contribution in [0.3, 0.4) is 0 Å². The molecule has 0 aliphatic heterocycles. The van der Waals surface area contributed by atoms with Gasteiger partial charge >= 0.3 is 5.97 Å². The summed E-state index contributed by atoms with van der Waals surface area (Å²) in [6, 6.07) is 10.5. The van der Waals surface area contributed by atoms with Crippen LogP contribution in [0.1, 0.15) is 5.56 Å². The minimum atomic E-state index is -0.991. The average Bonchev–Trinajstić information content (AvgIpc) is 2.39. The Bertz CT molecular complexity index is 580. The molecule has 0 heterocycles. The van der Waals surface area contributed by atoms with Crippen molar-refractivity contribution >= 4 is 16.7 Å². The van der Waals surface area contributed by atoms with Gasteiger partial charge in [-0.25, -0.2) is 0 Å². The molecule has 0 aliphatic carbocycles. The van der Waals surface area contributed by atoms with Crippen molar-refractivity contribution in [2.45, 2.75) is 12.5 Å². The number of hydrogen-bond donors (Lipinski definition) is 2. The van der Waals surface area contributed by atoms with Gasteiger partial charge in [0.1, 0.15) is 11.8 Å². The van der Waals surface area contributed by atoms with E-state index in [4.69, 9.17) is 15.6 Å². The van der Waals surface area contributed by atoms with E-state index in [-0.39, 0.29) is 0 Å². The van der Waals surface area contributed by atoms with Gasteiger partial charge in [-0.05, 0) is 23.4 Å². The Hall–Kier alpha value is -2.07. The third-order valence-electron chi connectivity index (χ3n) is 2.95. The molecular weight excluding hydrogens is 230 g/mol. The van der Waals surface area contributed by atoms with Crippen LogP contribution in [0.5, 0.6) is 5.75 Å². The normalized spacial score (nSPS) is 12.3. The van der Waals surface area contributed by atoms with Crippen molar-refractivity contribution in [1.82, 2.24) is 0 Å². The highest BCUT2D eigenvalue weighted by Gasteiger charge is 2.14. The molecular formula is C14H15NO3. The van der Waals surface area contributed by atoms with E-state index in [2.05, 4.69) is 0 Å². The molecule has 2 aromatic rings. The summed E-state index contributed by atoms with van der Waals surface area (Å²) in [5.41, 5.74) is 6.50. The molecule has 2 aromatic carbocycles. The molecule has 0 aromatic heterocycles. The zero-order valence-electron chi connectivity index (χ0n) is 10.1. The van der Waals surface area contributed by atoms with Crippen LogP contribution in [0.25, 0.3) is 10.8 Å². The summed E-state index contributed by atoms with van der Waals surface area (Å²) < 4.78 is 5.29. The zero-order valence-corrected chi connectivity index (χ0v) is 10.1. The van der Waals surface area contributed by atoms with Gasteiger partial charge in [-0.2, -0.15) is 0 Å². The SMILES string of the molecule is COc1ccc(C[C@@H](N)C(=O)O)c2ccccc12. The molecule has 94 valence electrons. The number of fused-ring (bicyclic) bond motifs is 1. The van der Waals surface area contributed by atoms with Crippen LogP contribution in [-0.4, -0.2) is 24.2 Å². The predicted octanol–water partition coefficient (Wildman–Crippen LogP) is 1.80. The van der Waals surface area contributed by atoms with Crippen LogP contribution in [0.4, 0.5) is 0 Å². The maximum Gasteiger partial charge on any atom is 0.320 e. The van der Waals surface area contributed by atoms with E-state index in [1.54, 1.807) is 7.11 Å². The smallest absolute Gasteiger partial charge is 0.320 e. The lowest BCUT2D eigenvalue weighted by Crippen LogP contribution is -2.32. The van der Waals surface area contributed by atoms with Crippen LogP contribution in [0.2, 0.25) is 0 Å². The van der Waals surface area contributed by atoms with Gasteiger partial charge in [-0.1, -0.05) is 30.3 Å². The summed E-state index contributed by atoms with van der Waals surface area (Å²) >= 11 is 0. The maximum atomic E-state index is 10.8. The lowest BCUT2D eigenvalue weighted by molar-refractivity contribution is -0.138. The first kappa shape index (κ1) is 12.4. The van der Waals surface area contributed by atoms with E-state index in [1.807, 2.05) is 36.4 Å². The summed E-state index contributed by atoms with van der Waals surface area (Å²) in [6.07, 6.45) is 0.305. The van der Waals surface area contributed by atoms with Crippen LogP contribution < -0.4 is 10.5 Å². The van der Waals surface area contributed by atoms with Gasteiger partial charge < -0.3 is 15.6 Å². The number of nitrogens with two attached hydrogens (primary N) is 1. The van der Waals surface area contributed by atoms with Crippen molar-refractivity contribution in [2.24, 2.45) is 5.73 Å². The summed E-state index contributed by atoms with van der Waals surface area (Å²) in [5, 5.41) is 10.8. The highest BCUT2D eigenvalue weighted by molar-refractivity contribution is 5.91. The molecule has 0 bridgehead atoms. The topological polar surface area (TPSA) is 72.5 Å². The Kier molecular flexibility index (Phi) is 3.48. The fraction of sp³-hybridized carbons (Fsp3) is 0.214. The molecule has 0 unspecified atom stereocenters. The lowest BCUT2D eigenvalue weighted by atomic mass is 9.98. The summed E-state index contributed by atoms with van der Waals surface area (Å²) in [6.45, 7) is 0. The van der Waals surface area contributed by atoms with E-state index in [9.17, 15) is 4.79 Å². The van der Waals surface area contributed by atoms with Crippen molar-refractivity contribution in [3.05, 3.63) is 42.0 Å². The van der Waals surface area contributed by atoms with E-state index in [0.717, 1.165) is 22.1 Å². The minimum absolute atomic E-state index is 0.305. The van der Waals surface area contributed by atoms with E-state index in [0.29, 0.717) is 6.42 Å². The first-order valence-corrected chi connectivity index (χ1v) is 5.66. The standard InChI is InChI=1S/C14H15NO3/c1-18-13-7-6-9(8-12(15)14(16)17)10-4-2-3-5-11(10)13/h2-7,12H,8,15H2,1H3,(H,16,17)/t12-/m1/s1. The van der Waals surface area contributed by atoms with Crippen molar-refractivity contribution in [3.63, 3.8) is 0 Å². The number of hydrogen-bond acceptors (Lipinski definition) is 3. The molecule has 0 saturated heterocycles. The number of benzene rings is 2. The molecule has 18 heavy (non-hydrogen) atoms. The summed E-state index contributed by atoms with van der Waals surface area (Å²) in [5.74, 6) is -0.215. The molecule has 0 radical (unpaired) electrons. The molecule has 0 spiro atoms. The van der Waals surface area contributed by atoms with Crippen LogP contribution >= 0.6 is 0 Å². The molecule has 2 rings (SSSR count). The first-order valence-electron chi connectivity index (χ1n) is 5.66. The highest BCUT2D eigenvalue weighted by Crippen LogP contribution is 2.28. The molecule has 0 aliphatic rings. The molecule has 0 fully saturated rings. The lowest BCUT2D eigenvalue weighted by Gasteiger charge is -2.12. The largest absolute Gasteiger partial charge is 0.496 e. The van der Waals surface area contributed by atoms with Crippen molar-refractivity contribution in [1.29, 1.82) is 0 Å². The van der Waals surface area contributed by atoms with E-state index >= 15 is 0 Å². The van der Waals surface area contributed by atoms with Gasteiger partial charge in [0.2, 0.25) is 0 Å². The second-order valence-corrected chi connectivity index (χ2v) is 4.12. The van der Waals surface area contributed by atoms with Crippen molar-refractivity contribution in [2.75, 3.05) is 7.11 Å². The maximum absolute atomic E-state index is 10.8. The van der Waals surface area contributed by atoms with Crippen LogP contribution in [0.15, 0.2) is 36.4 Å². The average molecular weight is 245 g/mol. The minimum Gasteiger partial charge on any atom is -0.496 e. The Labute approximate surface area is 105 Å². The Morgan fingerprint density at radius 3 is 2.56 bits per heavy atom. The van der Waals surface area contributed by atoms with Gasteiger partial charge in [0.15, 0.2) is 0 Å². The number of rotatable bonds is 4.